The lowest BCUT2D eigenvalue weighted by atomic mass is 9.88. The number of nitrogens with zero attached hydrogens (tertiary/aromatic N) is 3. The van der Waals surface area contributed by atoms with E-state index >= 15 is 0 Å². The number of nitrogens with one attached hydrogen (secondary N) is 1. The summed E-state index contributed by atoms with van der Waals surface area (Å²) in [7, 11) is 0. The molecule has 1 aromatic carbocycles. The van der Waals surface area contributed by atoms with Crippen LogP contribution in [0.15, 0.2) is 54.9 Å². The van der Waals surface area contributed by atoms with Crippen LogP contribution in [0.5, 0.6) is 0 Å². The number of halogens is 3. The van der Waals surface area contributed by atoms with Crippen molar-refractivity contribution in [1.82, 2.24) is 20.1 Å². The largest absolute Gasteiger partial charge is 0.417 e. The lowest BCUT2D eigenvalue weighted by molar-refractivity contribution is -0.137. The van der Waals surface area contributed by atoms with Crippen molar-refractivity contribution < 1.29 is 18.0 Å². The Labute approximate surface area is 185 Å². The molecule has 1 unspecified atom stereocenters. The molecule has 0 spiro atoms. The second-order valence-corrected chi connectivity index (χ2v) is 8.38. The molecule has 3 rings (SSSR count). The number of alkyl halides is 3. The van der Waals surface area contributed by atoms with E-state index < -0.39 is 11.7 Å². The number of aromatic nitrogens is 3. The monoisotopic (exact) mass is 444 g/mol. The summed E-state index contributed by atoms with van der Waals surface area (Å²) in [5.74, 6) is 0.325. The highest BCUT2D eigenvalue weighted by Gasteiger charge is 2.31. The van der Waals surface area contributed by atoms with Crippen LogP contribution >= 0.6 is 0 Å². The average Bonchev–Trinajstić information content (AvgIpc) is 3.19. The Balaban J connectivity index is 1.84. The molecular weight excluding hydrogens is 417 g/mol. The van der Waals surface area contributed by atoms with E-state index in [-0.39, 0.29) is 23.6 Å². The van der Waals surface area contributed by atoms with Crippen molar-refractivity contribution in [3.63, 3.8) is 0 Å². The Morgan fingerprint density at radius 2 is 1.72 bits per heavy atom. The van der Waals surface area contributed by atoms with E-state index in [4.69, 9.17) is 0 Å². The second kappa shape index (κ2) is 9.54. The summed E-state index contributed by atoms with van der Waals surface area (Å²) < 4.78 is 40.0. The number of amides is 1. The topological polar surface area (TPSA) is 59.8 Å². The summed E-state index contributed by atoms with van der Waals surface area (Å²) in [6.07, 6.45) is -2.25. The summed E-state index contributed by atoms with van der Waals surface area (Å²) in [6, 6.07) is 12.2. The molecule has 0 aliphatic rings. The van der Waals surface area contributed by atoms with E-state index in [1.54, 1.807) is 0 Å². The molecule has 0 aliphatic carbocycles. The Morgan fingerprint density at radius 3 is 2.25 bits per heavy atom. The third-order valence-electron chi connectivity index (χ3n) is 5.41. The Bertz CT molecular complexity index is 1040. The van der Waals surface area contributed by atoms with Gasteiger partial charge in [0.05, 0.1) is 23.0 Å². The zero-order chi connectivity index (χ0) is 23.5. The number of rotatable bonds is 7. The van der Waals surface area contributed by atoms with Gasteiger partial charge in [0.1, 0.15) is 0 Å². The Morgan fingerprint density at radius 1 is 1.03 bits per heavy atom. The van der Waals surface area contributed by atoms with Crippen LogP contribution in [-0.4, -0.2) is 27.2 Å². The lowest BCUT2D eigenvalue weighted by Gasteiger charge is -2.22. The highest BCUT2D eigenvalue weighted by Crippen LogP contribution is 2.30. The maximum absolute atomic E-state index is 13.0. The molecule has 0 bridgehead atoms. The van der Waals surface area contributed by atoms with Gasteiger partial charge in [-0.2, -0.15) is 18.3 Å². The van der Waals surface area contributed by atoms with Crippen molar-refractivity contribution in [3.05, 3.63) is 77.2 Å². The van der Waals surface area contributed by atoms with Crippen LogP contribution in [-0.2, 0) is 6.18 Å². The minimum atomic E-state index is -4.47. The standard InChI is InChI=1S/C24H27F3N4O/c1-15(2)19(17-8-6-5-7-9-17)13-29-23(32)20-14-30-31(22(20)16(3)4)21-11-10-18(12-28-21)24(25,26)27/h5-12,14-16,19H,13H2,1-4H3,(H,29,32). The molecule has 170 valence electrons. The quantitative estimate of drug-likeness (QED) is 0.518. The van der Waals surface area contributed by atoms with Crippen LogP contribution in [0.1, 0.15) is 66.7 Å². The number of benzene rings is 1. The van der Waals surface area contributed by atoms with Crippen LogP contribution in [0.3, 0.4) is 0 Å². The molecule has 2 heterocycles. The number of carbonyl (C=O) groups is 1. The molecule has 2 aromatic heterocycles. The first-order chi connectivity index (χ1) is 15.1. The number of pyridine rings is 1. The zero-order valence-electron chi connectivity index (χ0n) is 18.5. The van der Waals surface area contributed by atoms with Gasteiger partial charge in [-0.15, -0.1) is 0 Å². The fourth-order valence-electron chi connectivity index (χ4n) is 3.69. The van der Waals surface area contributed by atoms with Crippen molar-refractivity contribution in [1.29, 1.82) is 0 Å². The van der Waals surface area contributed by atoms with E-state index in [0.717, 1.165) is 17.8 Å². The Kier molecular flexibility index (Phi) is 7.01. The van der Waals surface area contributed by atoms with E-state index in [2.05, 4.69) is 29.2 Å². The fourth-order valence-corrected chi connectivity index (χ4v) is 3.69. The van der Waals surface area contributed by atoms with Crippen LogP contribution in [0.2, 0.25) is 0 Å². The molecule has 32 heavy (non-hydrogen) atoms. The van der Waals surface area contributed by atoms with Gasteiger partial charge in [0.2, 0.25) is 0 Å². The molecule has 5 nitrogen and oxygen atoms in total. The first-order valence-corrected chi connectivity index (χ1v) is 10.5. The van der Waals surface area contributed by atoms with E-state index in [9.17, 15) is 18.0 Å². The molecule has 0 aliphatic heterocycles. The molecule has 1 N–H and O–H groups in total. The summed E-state index contributed by atoms with van der Waals surface area (Å²) in [5.41, 5.74) is 1.29. The number of hydrogen-bond donors (Lipinski definition) is 1. The minimum Gasteiger partial charge on any atom is -0.351 e. The van der Waals surface area contributed by atoms with Gasteiger partial charge < -0.3 is 5.32 Å². The van der Waals surface area contributed by atoms with Crippen molar-refractivity contribution in [3.8, 4) is 5.82 Å². The van der Waals surface area contributed by atoms with Crippen LogP contribution in [0.4, 0.5) is 13.2 Å². The molecule has 0 radical (unpaired) electrons. The fraction of sp³-hybridized carbons (Fsp3) is 0.375. The highest BCUT2D eigenvalue weighted by atomic mass is 19.4. The molecule has 0 saturated heterocycles. The lowest BCUT2D eigenvalue weighted by Crippen LogP contribution is -2.31. The van der Waals surface area contributed by atoms with E-state index in [1.807, 2.05) is 44.2 Å². The van der Waals surface area contributed by atoms with Gasteiger partial charge in [0, 0.05) is 18.7 Å². The minimum absolute atomic E-state index is 0.0997. The zero-order valence-corrected chi connectivity index (χ0v) is 18.5. The van der Waals surface area contributed by atoms with Gasteiger partial charge in [-0.3, -0.25) is 4.79 Å². The van der Waals surface area contributed by atoms with Crippen LogP contribution in [0.25, 0.3) is 5.82 Å². The summed E-state index contributed by atoms with van der Waals surface area (Å²) in [6.45, 7) is 8.47. The molecule has 1 atom stereocenters. The van der Waals surface area contributed by atoms with Crippen molar-refractivity contribution in [2.24, 2.45) is 5.92 Å². The summed E-state index contributed by atoms with van der Waals surface area (Å²) in [5, 5.41) is 7.26. The smallest absolute Gasteiger partial charge is 0.351 e. The summed E-state index contributed by atoms with van der Waals surface area (Å²) >= 11 is 0. The van der Waals surface area contributed by atoms with Crippen molar-refractivity contribution in [2.45, 2.75) is 45.7 Å². The second-order valence-electron chi connectivity index (χ2n) is 8.38. The molecule has 0 fully saturated rings. The maximum Gasteiger partial charge on any atom is 0.417 e. The number of hydrogen-bond acceptors (Lipinski definition) is 3. The first kappa shape index (κ1) is 23.5. The van der Waals surface area contributed by atoms with Gasteiger partial charge in [0.15, 0.2) is 5.82 Å². The average molecular weight is 445 g/mol. The predicted molar refractivity (Wildman–Crippen MR) is 117 cm³/mol. The van der Waals surface area contributed by atoms with Gasteiger partial charge in [-0.05, 0) is 29.5 Å². The first-order valence-electron chi connectivity index (χ1n) is 10.5. The molecular formula is C24H27F3N4O. The Hall–Kier alpha value is -3.16. The summed E-state index contributed by atoms with van der Waals surface area (Å²) in [4.78, 5) is 16.9. The highest BCUT2D eigenvalue weighted by molar-refractivity contribution is 5.95. The van der Waals surface area contributed by atoms with Crippen LogP contribution < -0.4 is 5.32 Å². The molecule has 0 saturated carbocycles. The molecule has 8 heteroatoms. The molecule has 1 amide bonds. The molecule has 3 aromatic rings. The predicted octanol–water partition coefficient (Wildman–Crippen LogP) is 5.58. The van der Waals surface area contributed by atoms with Gasteiger partial charge in [0.25, 0.3) is 5.91 Å². The SMILES string of the molecule is CC(C)c1c(C(=O)NCC(c2ccccc2)C(C)C)cnn1-c1ccc(C(F)(F)F)cn1. The van der Waals surface area contributed by atoms with Gasteiger partial charge in [-0.25, -0.2) is 9.67 Å². The van der Waals surface area contributed by atoms with Gasteiger partial charge in [-0.1, -0.05) is 58.0 Å². The maximum atomic E-state index is 13.0. The van der Waals surface area contributed by atoms with Crippen molar-refractivity contribution in [2.75, 3.05) is 6.54 Å². The van der Waals surface area contributed by atoms with Crippen LogP contribution in [0, 0.1) is 5.92 Å². The van der Waals surface area contributed by atoms with Crippen molar-refractivity contribution >= 4 is 5.91 Å². The third-order valence-corrected chi connectivity index (χ3v) is 5.41. The van der Waals surface area contributed by atoms with Gasteiger partial charge >= 0.3 is 6.18 Å². The normalized spacial score (nSPS) is 12.9. The van der Waals surface area contributed by atoms with E-state index in [0.29, 0.717) is 23.7 Å². The third kappa shape index (κ3) is 5.18. The van der Waals surface area contributed by atoms with E-state index in [1.165, 1.54) is 16.9 Å². The number of carbonyl (C=O) groups excluding carboxylic acids is 1.